The van der Waals surface area contributed by atoms with Gasteiger partial charge in [0.25, 0.3) is 0 Å². The molecule has 2 fully saturated rings. The Bertz CT molecular complexity index is 1050. The summed E-state index contributed by atoms with van der Waals surface area (Å²) in [5, 5.41) is 10.8. The summed E-state index contributed by atoms with van der Waals surface area (Å²) in [6.45, 7) is 0.746. The first-order valence-electron chi connectivity index (χ1n) is 9.62. The summed E-state index contributed by atoms with van der Waals surface area (Å²) in [6.07, 6.45) is 4.18. The summed E-state index contributed by atoms with van der Waals surface area (Å²) in [7, 11) is 0. The Morgan fingerprint density at radius 2 is 2.03 bits per heavy atom. The largest absolute Gasteiger partial charge is 0.368 e. The number of nitrogens with one attached hydrogen (secondary N) is 2. The summed E-state index contributed by atoms with van der Waals surface area (Å²) >= 11 is 6.30. The van der Waals surface area contributed by atoms with Crippen molar-refractivity contribution < 1.29 is 4.39 Å². The molecule has 1 aliphatic carbocycles. The topological polar surface area (TPSA) is 109 Å². The first kappa shape index (κ1) is 18.1. The molecule has 1 unspecified atom stereocenters. The number of aromatic amines is 1. The van der Waals surface area contributed by atoms with Crippen LogP contribution in [0.1, 0.15) is 48.9 Å². The van der Waals surface area contributed by atoms with Crippen LogP contribution in [0.4, 0.5) is 28.1 Å². The minimum absolute atomic E-state index is 0.0513. The minimum atomic E-state index is -0.358. The van der Waals surface area contributed by atoms with Gasteiger partial charge in [-0.2, -0.15) is 20.1 Å². The van der Waals surface area contributed by atoms with E-state index in [4.69, 9.17) is 17.3 Å². The molecule has 1 saturated heterocycles. The van der Waals surface area contributed by atoms with E-state index in [1.807, 2.05) is 11.0 Å². The fourth-order valence-corrected chi connectivity index (χ4v) is 4.08. The maximum absolute atomic E-state index is 13.5. The van der Waals surface area contributed by atoms with Crippen LogP contribution in [-0.4, -0.2) is 31.7 Å². The molecule has 2 aromatic heterocycles. The number of halogens is 2. The highest BCUT2D eigenvalue weighted by Gasteiger charge is 2.30. The summed E-state index contributed by atoms with van der Waals surface area (Å²) in [6, 6.07) is 6.38. The molecule has 8 nitrogen and oxygen atoms in total. The summed E-state index contributed by atoms with van der Waals surface area (Å²) in [5.41, 5.74) is 7.90. The zero-order valence-electron chi connectivity index (χ0n) is 15.6. The van der Waals surface area contributed by atoms with Gasteiger partial charge in [-0.25, -0.2) is 4.39 Å². The second-order valence-electron chi connectivity index (χ2n) is 7.44. The number of nitrogen functional groups attached to an aromatic ring is 1. The Labute approximate surface area is 171 Å². The molecule has 0 spiro atoms. The number of anilines is 4. The van der Waals surface area contributed by atoms with Gasteiger partial charge in [0.2, 0.25) is 17.8 Å². The third kappa shape index (κ3) is 3.69. The van der Waals surface area contributed by atoms with E-state index < -0.39 is 0 Å². The molecule has 1 aromatic carbocycles. The molecule has 1 atom stereocenters. The van der Waals surface area contributed by atoms with E-state index in [0.29, 0.717) is 28.7 Å². The zero-order chi connectivity index (χ0) is 20.0. The van der Waals surface area contributed by atoms with E-state index >= 15 is 0 Å². The van der Waals surface area contributed by atoms with Gasteiger partial charge in [0.15, 0.2) is 5.82 Å². The van der Waals surface area contributed by atoms with Crippen molar-refractivity contribution in [3.63, 3.8) is 0 Å². The number of benzene rings is 1. The van der Waals surface area contributed by atoms with Gasteiger partial charge in [-0.1, -0.05) is 17.7 Å². The van der Waals surface area contributed by atoms with Crippen LogP contribution in [0, 0.1) is 5.82 Å². The summed E-state index contributed by atoms with van der Waals surface area (Å²) in [5.74, 6) is 1.76. The Hall–Kier alpha value is -2.94. The van der Waals surface area contributed by atoms with Gasteiger partial charge >= 0.3 is 0 Å². The number of hydrogen-bond acceptors (Lipinski definition) is 7. The van der Waals surface area contributed by atoms with Crippen LogP contribution < -0.4 is 16.0 Å². The van der Waals surface area contributed by atoms with E-state index in [-0.39, 0.29) is 17.8 Å². The molecule has 29 heavy (non-hydrogen) atoms. The van der Waals surface area contributed by atoms with Crippen LogP contribution >= 0.6 is 11.6 Å². The van der Waals surface area contributed by atoms with E-state index in [0.717, 1.165) is 30.6 Å². The molecule has 0 radical (unpaired) electrons. The molecular formula is C19H20ClFN8. The second-order valence-corrected chi connectivity index (χ2v) is 7.85. The SMILES string of the molecule is Nc1nc(Nc2cc(C3CC3)[nH]n2)nc(N2CCCC2c2ccc(F)cc2Cl)n1. The minimum Gasteiger partial charge on any atom is -0.368 e. The lowest BCUT2D eigenvalue weighted by Crippen LogP contribution is -2.26. The van der Waals surface area contributed by atoms with Crippen LogP contribution in [0.2, 0.25) is 5.02 Å². The van der Waals surface area contributed by atoms with Crippen molar-refractivity contribution in [2.45, 2.75) is 37.6 Å². The van der Waals surface area contributed by atoms with Crippen LogP contribution in [-0.2, 0) is 0 Å². The Morgan fingerprint density at radius 3 is 2.83 bits per heavy atom. The molecule has 2 aliphatic rings. The molecule has 10 heteroatoms. The number of hydrogen-bond donors (Lipinski definition) is 3. The molecule has 150 valence electrons. The average Bonchev–Trinajstić information content (AvgIpc) is 3.22. The fraction of sp³-hybridized carbons (Fsp3) is 0.368. The van der Waals surface area contributed by atoms with E-state index in [9.17, 15) is 4.39 Å². The third-order valence-electron chi connectivity index (χ3n) is 5.33. The predicted molar refractivity (Wildman–Crippen MR) is 109 cm³/mol. The van der Waals surface area contributed by atoms with E-state index in [1.165, 1.54) is 25.0 Å². The van der Waals surface area contributed by atoms with Crippen LogP contribution in [0.3, 0.4) is 0 Å². The quantitative estimate of drug-likeness (QED) is 0.580. The molecule has 1 aliphatic heterocycles. The maximum atomic E-state index is 13.5. The third-order valence-corrected chi connectivity index (χ3v) is 5.65. The number of H-pyrrole nitrogens is 1. The van der Waals surface area contributed by atoms with Crippen molar-refractivity contribution in [2.24, 2.45) is 0 Å². The van der Waals surface area contributed by atoms with Gasteiger partial charge in [-0.05, 0) is 43.4 Å². The van der Waals surface area contributed by atoms with Crippen molar-refractivity contribution in [3.05, 3.63) is 46.4 Å². The van der Waals surface area contributed by atoms with Crippen molar-refractivity contribution >= 4 is 35.3 Å². The summed E-state index contributed by atoms with van der Waals surface area (Å²) < 4.78 is 13.5. The molecule has 1 saturated carbocycles. The van der Waals surface area contributed by atoms with Gasteiger partial charge in [-0.3, -0.25) is 5.10 Å². The average molecular weight is 415 g/mol. The number of rotatable bonds is 5. The number of nitrogens with two attached hydrogens (primary N) is 1. The van der Waals surface area contributed by atoms with Crippen molar-refractivity contribution in [3.8, 4) is 0 Å². The van der Waals surface area contributed by atoms with E-state index in [1.54, 1.807) is 6.07 Å². The molecule has 3 aromatic rings. The summed E-state index contributed by atoms with van der Waals surface area (Å²) in [4.78, 5) is 15.1. The van der Waals surface area contributed by atoms with Crippen molar-refractivity contribution in [1.29, 1.82) is 0 Å². The first-order chi connectivity index (χ1) is 14.1. The van der Waals surface area contributed by atoms with Crippen LogP contribution in [0.15, 0.2) is 24.3 Å². The van der Waals surface area contributed by atoms with Crippen LogP contribution in [0.25, 0.3) is 0 Å². The molecule has 3 heterocycles. The van der Waals surface area contributed by atoms with Crippen molar-refractivity contribution in [2.75, 3.05) is 22.5 Å². The Morgan fingerprint density at radius 1 is 1.17 bits per heavy atom. The number of aromatic nitrogens is 5. The second kappa shape index (κ2) is 7.14. The molecule has 0 bridgehead atoms. The molecule has 5 rings (SSSR count). The van der Waals surface area contributed by atoms with Crippen LogP contribution in [0.5, 0.6) is 0 Å². The standard InChI is InChI=1S/C19H20ClFN8/c20-13-8-11(21)5-6-12(13)15-2-1-7-29(15)19-25-17(22)24-18(26-19)23-16-9-14(27-28-16)10-3-4-10/h5-6,8-10,15H,1-4,7H2,(H4,22,23,24,25,26,27,28). The van der Waals surface area contributed by atoms with Gasteiger partial charge in [0.1, 0.15) is 5.82 Å². The van der Waals surface area contributed by atoms with Gasteiger partial charge in [0.05, 0.1) is 6.04 Å². The highest BCUT2D eigenvalue weighted by molar-refractivity contribution is 6.31. The molecule has 4 N–H and O–H groups in total. The van der Waals surface area contributed by atoms with Crippen molar-refractivity contribution in [1.82, 2.24) is 25.1 Å². The van der Waals surface area contributed by atoms with Gasteiger partial charge in [0, 0.05) is 29.2 Å². The first-order valence-corrected chi connectivity index (χ1v) is 10.00. The Balaban J connectivity index is 1.42. The zero-order valence-corrected chi connectivity index (χ0v) is 16.3. The molecular weight excluding hydrogens is 395 g/mol. The normalized spacial score (nSPS) is 19.0. The smallest absolute Gasteiger partial charge is 0.235 e. The Kier molecular flexibility index (Phi) is 4.46. The predicted octanol–water partition coefficient (Wildman–Crippen LogP) is 3.93. The van der Waals surface area contributed by atoms with Gasteiger partial charge < -0.3 is 16.0 Å². The monoisotopic (exact) mass is 414 g/mol. The lowest BCUT2D eigenvalue weighted by atomic mass is 10.0. The highest BCUT2D eigenvalue weighted by Crippen LogP contribution is 2.40. The maximum Gasteiger partial charge on any atom is 0.235 e. The highest BCUT2D eigenvalue weighted by atomic mass is 35.5. The van der Waals surface area contributed by atoms with Gasteiger partial charge in [-0.15, -0.1) is 0 Å². The van der Waals surface area contributed by atoms with E-state index in [2.05, 4.69) is 30.5 Å². The lowest BCUT2D eigenvalue weighted by molar-refractivity contribution is 0.624. The lowest BCUT2D eigenvalue weighted by Gasteiger charge is -2.26. The molecule has 0 amide bonds. The number of nitrogens with zero attached hydrogens (tertiary/aromatic N) is 5. The fourth-order valence-electron chi connectivity index (χ4n) is 3.78.